The lowest BCUT2D eigenvalue weighted by Gasteiger charge is -2.28. The predicted molar refractivity (Wildman–Crippen MR) is 69.8 cm³/mol. The molecule has 0 saturated heterocycles. The van der Waals surface area contributed by atoms with Gasteiger partial charge in [-0.1, -0.05) is 30.3 Å². The molecule has 0 radical (unpaired) electrons. The second-order valence-electron chi connectivity index (χ2n) is 4.42. The summed E-state index contributed by atoms with van der Waals surface area (Å²) in [7, 11) is 0. The van der Waals surface area contributed by atoms with Crippen LogP contribution in [0.3, 0.4) is 0 Å². The normalized spacial score (nSPS) is 14.1. The third-order valence-electron chi connectivity index (χ3n) is 2.97. The molecule has 0 spiro atoms. The van der Waals surface area contributed by atoms with Crippen LogP contribution < -0.4 is 5.32 Å². The highest BCUT2D eigenvalue weighted by atomic mass is 16.3. The van der Waals surface area contributed by atoms with E-state index >= 15 is 0 Å². The van der Waals surface area contributed by atoms with Crippen LogP contribution in [0, 0.1) is 0 Å². The molecule has 4 heteroatoms. The van der Waals surface area contributed by atoms with E-state index in [1.165, 1.54) is 5.56 Å². The molecule has 0 saturated carbocycles. The SMILES string of the molecule is CC(CO)(NCc1ccccc1)c1cnccn1. The van der Waals surface area contributed by atoms with Gasteiger partial charge in [-0.25, -0.2) is 0 Å². The zero-order chi connectivity index (χ0) is 12.8. The van der Waals surface area contributed by atoms with Crippen LogP contribution in [0.2, 0.25) is 0 Å². The highest BCUT2D eigenvalue weighted by molar-refractivity contribution is 5.16. The third-order valence-corrected chi connectivity index (χ3v) is 2.97. The van der Waals surface area contributed by atoms with Gasteiger partial charge < -0.3 is 10.4 Å². The molecule has 0 amide bonds. The van der Waals surface area contributed by atoms with E-state index in [2.05, 4.69) is 15.3 Å². The van der Waals surface area contributed by atoms with Gasteiger partial charge in [0.2, 0.25) is 0 Å². The van der Waals surface area contributed by atoms with E-state index in [-0.39, 0.29) is 6.61 Å². The maximum atomic E-state index is 9.59. The van der Waals surface area contributed by atoms with Gasteiger partial charge in [0.1, 0.15) is 0 Å². The van der Waals surface area contributed by atoms with E-state index in [4.69, 9.17) is 0 Å². The Morgan fingerprint density at radius 1 is 1.22 bits per heavy atom. The van der Waals surface area contributed by atoms with Gasteiger partial charge in [0, 0.05) is 18.9 Å². The van der Waals surface area contributed by atoms with Crippen LogP contribution in [0.4, 0.5) is 0 Å². The van der Waals surface area contributed by atoms with E-state index < -0.39 is 5.54 Å². The first-order valence-electron chi connectivity index (χ1n) is 5.91. The van der Waals surface area contributed by atoms with Crippen molar-refractivity contribution in [3.05, 3.63) is 60.2 Å². The molecular formula is C14H17N3O. The average molecular weight is 243 g/mol. The number of aliphatic hydroxyl groups excluding tert-OH is 1. The summed E-state index contributed by atoms with van der Waals surface area (Å²) in [5, 5.41) is 12.9. The van der Waals surface area contributed by atoms with Crippen LogP contribution in [0.25, 0.3) is 0 Å². The third kappa shape index (κ3) is 2.91. The van der Waals surface area contributed by atoms with Crippen LogP contribution in [0.5, 0.6) is 0 Å². The number of hydrogen-bond donors (Lipinski definition) is 2. The van der Waals surface area contributed by atoms with Crippen molar-refractivity contribution in [3.63, 3.8) is 0 Å². The van der Waals surface area contributed by atoms with Crippen molar-refractivity contribution in [2.75, 3.05) is 6.61 Å². The first-order valence-corrected chi connectivity index (χ1v) is 5.91. The molecule has 1 heterocycles. The number of hydrogen-bond acceptors (Lipinski definition) is 4. The van der Waals surface area contributed by atoms with Gasteiger partial charge >= 0.3 is 0 Å². The maximum absolute atomic E-state index is 9.59. The van der Waals surface area contributed by atoms with Crippen LogP contribution in [-0.2, 0) is 12.1 Å². The monoisotopic (exact) mass is 243 g/mol. The summed E-state index contributed by atoms with van der Waals surface area (Å²) in [5.41, 5.74) is 1.33. The number of aliphatic hydroxyl groups is 1. The number of benzene rings is 1. The summed E-state index contributed by atoms with van der Waals surface area (Å²) >= 11 is 0. The summed E-state index contributed by atoms with van der Waals surface area (Å²) in [5.74, 6) is 0. The fourth-order valence-electron chi connectivity index (χ4n) is 1.70. The summed E-state index contributed by atoms with van der Waals surface area (Å²) in [6, 6.07) is 10.1. The highest BCUT2D eigenvalue weighted by Crippen LogP contribution is 2.17. The van der Waals surface area contributed by atoms with E-state index in [0.29, 0.717) is 6.54 Å². The standard InChI is InChI=1S/C14H17N3O/c1-14(11-18,13-10-15-7-8-16-13)17-9-12-5-3-2-4-6-12/h2-8,10,17-18H,9,11H2,1H3. The van der Waals surface area contributed by atoms with E-state index in [1.807, 2.05) is 37.3 Å². The van der Waals surface area contributed by atoms with Gasteiger partial charge in [0.15, 0.2) is 0 Å². The lowest BCUT2D eigenvalue weighted by molar-refractivity contribution is 0.169. The lowest BCUT2D eigenvalue weighted by atomic mass is 9.99. The zero-order valence-electron chi connectivity index (χ0n) is 10.4. The van der Waals surface area contributed by atoms with Gasteiger partial charge in [-0.05, 0) is 12.5 Å². The first-order chi connectivity index (χ1) is 8.74. The Morgan fingerprint density at radius 3 is 2.61 bits per heavy atom. The Kier molecular flexibility index (Phi) is 4.02. The minimum atomic E-state index is -0.579. The number of nitrogens with zero attached hydrogens (tertiary/aromatic N) is 2. The van der Waals surface area contributed by atoms with Crippen LogP contribution >= 0.6 is 0 Å². The molecule has 1 aromatic heterocycles. The van der Waals surface area contributed by atoms with Crippen LogP contribution in [0.15, 0.2) is 48.9 Å². The summed E-state index contributed by atoms with van der Waals surface area (Å²) < 4.78 is 0. The fourth-order valence-corrected chi connectivity index (χ4v) is 1.70. The molecule has 18 heavy (non-hydrogen) atoms. The van der Waals surface area contributed by atoms with Crippen molar-refractivity contribution >= 4 is 0 Å². The van der Waals surface area contributed by atoms with Gasteiger partial charge in [-0.3, -0.25) is 9.97 Å². The lowest BCUT2D eigenvalue weighted by Crippen LogP contribution is -2.43. The van der Waals surface area contributed by atoms with E-state index in [9.17, 15) is 5.11 Å². The Hall–Kier alpha value is -1.78. The van der Waals surface area contributed by atoms with Crippen molar-refractivity contribution in [3.8, 4) is 0 Å². The molecule has 4 nitrogen and oxygen atoms in total. The second kappa shape index (κ2) is 5.71. The molecule has 2 aromatic rings. The topological polar surface area (TPSA) is 58.0 Å². The van der Waals surface area contributed by atoms with Gasteiger partial charge in [-0.15, -0.1) is 0 Å². The maximum Gasteiger partial charge on any atom is 0.0832 e. The first kappa shape index (κ1) is 12.7. The molecule has 0 aliphatic heterocycles. The molecule has 0 aliphatic carbocycles. The molecule has 1 aromatic carbocycles. The van der Waals surface area contributed by atoms with E-state index in [0.717, 1.165) is 5.69 Å². The Bertz CT molecular complexity index is 475. The second-order valence-corrected chi connectivity index (χ2v) is 4.42. The summed E-state index contributed by atoms with van der Waals surface area (Å²) in [4.78, 5) is 8.29. The van der Waals surface area contributed by atoms with E-state index in [1.54, 1.807) is 18.6 Å². The minimum absolute atomic E-state index is 0.0292. The Balaban J connectivity index is 2.10. The van der Waals surface area contributed by atoms with Gasteiger partial charge in [0.25, 0.3) is 0 Å². The van der Waals surface area contributed by atoms with Crippen molar-refractivity contribution in [2.24, 2.45) is 0 Å². The predicted octanol–water partition coefficient (Wildman–Crippen LogP) is 1.47. The molecule has 0 fully saturated rings. The van der Waals surface area contributed by atoms with Crippen molar-refractivity contribution in [2.45, 2.75) is 19.0 Å². The quantitative estimate of drug-likeness (QED) is 0.835. The van der Waals surface area contributed by atoms with Crippen molar-refractivity contribution < 1.29 is 5.11 Å². The van der Waals surface area contributed by atoms with Crippen LogP contribution in [-0.4, -0.2) is 21.7 Å². The Labute approximate surface area is 107 Å². The molecule has 1 unspecified atom stereocenters. The summed E-state index contributed by atoms with van der Waals surface area (Å²) in [6.45, 7) is 2.56. The number of rotatable bonds is 5. The molecule has 0 aliphatic rings. The highest BCUT2D eigenvalue weighted by Gasteiger charge is 2.26. The largest absolute Gasteiger partial charge is 0.394 e. The number of aromatic nitrogens is 2. The molecule has 0 bridgehead atoms. The molecular weight excluding hydrogens is 226 g/mol. The summed E-state index contributed by atoms with van der Waals surface area (Å²) in [6.07, 6.45) is 4.93. The van der Waals surface area contributed by atoms with Gasteiger partial charge in [0.05, 0.1) is 24.0 Å². The van der Waals surface area contributed by atoms with Gasteiger partial charge in [-0.2, -0.15) is 0 Å². The molecule has 94 valence electrons. The Morgan fingerprint density at radius 2 is 2.00 bits per heavy atom. The van der Waals surface area contributed by atoms with Crippen molar-refractivity contribution in [1.82, 2.24) is 15.3 Å². The fraction of sp³-hybridized carbons (Fsp3) is 0.286. The van der Waals surface area contributed by atoms with Crippen molar-refractivity contribution in [1.29, 1.82) is 0 Å². The molecule has 2 N–H and O–H groups in total. The molecule has 2 rings (SSSR count). The minimum Gasteiger partial charge on any atom is -0.394 e. The number of nitrogens with one attached hydrogen (secondary N) is 1. The zero-order valence-corrected chi connectivity index (χ0v) is 10.4. The molecule has 1 atom stereocenters. The smallest absolute Gasteiger partial charge is 0.0832 e. The van der Waals surface area contributed by atoms with Crippen LogP contribution in [0.1, 0.15) is 18.2 Å². The average Bonchev–Trinajstić information content (AvgIpc) is 2.47.